The molecule has 2 atom stereocenters. The van der Waals surface area contributed by atoms with Crippen molar-refractivity contribution < 1.29 is 24.5 Å². The normalized spacial score (nSPS) is 12.6. The van der Waals surface area contributed by atoms with Crippen molar-refractivity contribution in [3.05, 3.63) is 24.3 Å². The minimum absolute atomic E-state index is 0.0123. The van der Waals surface area contributed by atoms with Crippen molar-refractivity contribution in [3.8, 4) is 0 Å². The zero-order valence-corrected chi connectivity index (χ0v) is 51.5. The van der Waals surface area contributed by atoms with Crippen molar-refractivity contribution >= 4 is 11.9 Å². The molecule has 0 rings (SSSR count). The van der Waals surface area contributed by atoms with Gasteiger partial charge in [-0.15, -0.1) is 0 Å². The lowest BCUT2D eigenvalue weighted by atomic mass is 10.0. The van der Waals surface area contributed by atoms with Crippen LogP contribution >= 0.6 is 0 Å². The number of esters is 1. The first kappa shape index (κ1) is 74.3. The largest absolute Gasteiger partial charge is 0.466 e. The Hall–Kier alpha value is -1.66. The number of carbonyl (C=O) groups excluding carboxylic acids is 2. The molecule has 0 fully saturated rings. The third-order valence-electron chi connectivity index (χ3n) is 16.3. The highest BCUT2D eigenvalue weighted by Gasteiger charge is 2.20. The smallest absolute Gasteiger partial charge is 0.305 e. The maximum Gasteiger partial charge on any atom is 0.305 e. The highest BCUT2D eigenvalue weighted by atomic mass is 16.5. The first-order chi connectivity index (χ1) is 37.5. The summed E-state index contributed by atoms with van der Waals surface area (Å²) in [5, 5.41) is 23.4. The molecule has 0 radical (unpaired) electrons. The predicted molar refractivity (Wildman–Crippen MR) is 333 cm³/mol. The molecule has 6 nitrogen and oxygen atoms in total. The average Bonchev–Trinajstić information content (AvgIpc) is 3.42. The lowest BCUT2D eigenvalue weighted by Crippen LogP contribution is -2.45. The summed E-state index contributed by atoms with van der Waals surface area (Å²) in [5.74, 6) is -0.0198. The van der Waals surface area contributed by atoms with Crippen LogP contribution in [0.4, 0.5) is 0 Å². The number of hydrogen-bond donors (Lipinski definition) is 3. The molecule has 0 aromatic carbocycles. The zero-order chi connectivity index (χ0) is 55.0. The Labute approximate surface area is 475 Å². The fraction of sp³-hybridized carbons (Fsp3) is 0.914. The molecular formula is C70H135NO5. The van der Waals surface area contributed by atoms with Crippen molar-refractivity contribution in [2.45, 2.75) is 398 Å². The minimum atomic E-state index is -0.665. The quantitative estimate of drug-likeness (QED) is 0.0320. The molecule has 0 aliphatic heterocycles. The van der Waals surface area contributed by atoms with Crippen molar-refractivity contribution in [2.75, 3.05) is 13.2 Å². The van der Waals surface area contributed by atoms with Crippen LogP contribution in [-0.2, 0) is 14.3 Å². The lowest BCUT2D eigenvalue weighted by molar-refractivity contribution is -0.143. The molecule has 0 saturated heterocycles. The summed E-state index contributed by atoms with van der Waals surface area (Å²) in [5.41, 5.74) is 0. The van der Waals surface area contributed by atoms with E-state index in [2.05, 4.69) is 43.5 Å². The second-order valence-corrected chi connectivity index (χ2v) is 23.9. The molecule has 0 aromatic heterocycles. The number of carbonyl (C=O) groups is 2. The fourth-order valence-corrected chi connectivity index (χ4v) is 11.0. The van der Waals surface area contributed by atoms with Gasteiger partial charge in [0, 0.05) is 12.8 Å². The summed E-state index contributed by atoms with van der Waals surface area (Å²) in [6.45, 7) is 4.98. The van der Waals surface area contributed by atoms with Gasteiger partial charge in [-0.05, 0) is 57.8 Å². The molecule has 450 valence electrons. The van der Waals surface area contributed by atoms with Gasteiger partial charge in [-0.25, -0.2) is 0 Å². The number of hydrogen-bond acceptors (Lipinski definition) is 5. The molecule has 0 aromatic rings. The summed E-state index contributed by atoms with van der Waals surface area (Å²) < 4.78 is 5.47. The summed E-state index contributed by atoms with van der Waals surface area (Å²) in [6.07, 6.45) is 82.2. The molecule has 3 N–H and O–H groups in total. The Morgan fingerprint density at radius 2 is 0.658 bits per heavy atom. The molecule has 76 heavy (non-hydrogen) atoms. The van der Waals surface area contributed by atoms with Gasteiger partial charge in [0.1, 0.15) is 0 Å². The van der Waals surface area contributed by atoms with Crippen LogP contribution in [0.1, 0.15) is 386 Å². The van der Waals surface area contributed by atoms with Gasteiger partial charge in [-0.1, -0.05) is 340 Å². The van der Waals surface area contributed by atoms with E-state index >= 15 is 0 Å². The fourth-order valence-electron chi connectivity index (χ4n) is 11.0. The lowest BCUT2D eigenvalue weighted by Gasteiger charge is -2.22. The van der Waals surface area contributed by atoms with Gasteiger partial charge in [-0.3, -0.25) is 9.59 Å². The molecule has 0 bridgehead atoms. The highest BCUT2D eigenvalue weighted by Crippen LogP contribution is 2.19. The van der Waals surface area contributed by atoms with Crippen LogP contribution in [0.5, 0.6) is 0 Å². The Morgan fingerprint density at radius 1 is 0.368 bits per heavy atom. The molecular weight excluding hydrogens is 935 g/mol. The minimum Gasteiger partial charge on any atom is -0.466 e. The van der Waals surface area contributed by atoms with Crippen molar-refractivity contribution in [3.63, 3.8) is 0 Å². The number of unbranched alkanes of at least 4 members (excludes halogenated alkanes) is 50. The number of aliphatic hydroxyl groups is 2. The van der Waals surface area contributed by atoms with Crippen molar-refractivity contribution in [1.29, 1.82) is 0 Å². The summed E-state index contributed by atoms with van der Waals surface area (Å²) in [7, 11) is 0. The van der Waals surface area contributed by atoms with Gasteiger partial charge in [0.2, 0.25) is 5.91 Å². The average molecular weight is 1070 g/mol. The monoisotopic (exact) mass is 1070 g/mol. The van der Waals surface area contributed by atoms with E-state index in [0.29, 0.717) is 25.9 Å². The van der Waals surface area contributed by atoms with Gasteiger partial charge < -0.3 is 20.3 Å². The van der Waals surface area contributed by atoms with Gasteiger partial charge in [0.05, 0.1) is 25.4 Å². The Kier molecular flexibility index (Phi) is 64.4. The first-order valence-corrected chi connectivity index (χ1v) is 34.6. The molecule has 0 aliphatic carbocycles. The topological polar surface area (TPSA) is 95.9 Å². The molecule has 0 saturated carbocycles. The highest BCUT2D eigenvalue weighted by molar-refractivity contribution is 5.76. The second-order valence-electron chi connectivity index (χ2n) is 23.9. The Bertz CT molecular complexity index is 1190. The van der Waals surface area contributed by atoms with E-state index in [0.717, 1.165) is 44.9 Å². The van der Waals surface area contributed by atoms with Crippen LogP contribution < -0.4 is 5.32 Å². The number of aliphatic hydroxyl groups excluding tert-OH is 2. The van der Waals surface area contributed by atoms with E-state index in [1.165, 1.54) is 308 Å². The van der Waals surface area contributed by atoms with Crippen LogP contribution in [0, 0.1) is 0 Å². The number of ether oxygens (including phenoxy) is 1. The second kappa shape index (κ2) is 65.9. The van der Waals surface area contributed by atoms with Gasteiger partial charge in [0.25, 0.3) is 0 Å². The molecule has 1 amide bonds. The molecule has 0 aliphatic rings. The van der Waals surface area contributed by atoms with E-state index in [9.17, 15) is 19.8 Å². The van der Waals surface area contributed by atoms with Crippen molar-refractivity contribution in [2.24, 2.45) is 0 Å². The third kappa shape index (κ3) is 61.6. The molecule has 2 unspecified atom stereocenters. The number of allylic oxidation sites excluding steroid dienone is 4. The number of rotatable bonds is 65. The van der Waals surface area contributed by atoms with E-state index in [-0.39, 0.29) is 18.5 Å². The van der Waals surface area contributed by atoms with Gasteiger partial charge >= 0.3 is 5.97 Å². The van der Waals surface area contributed by atoms with Crippen LogP contribution in [-0.4, -0.2) is 47.4 Å². The van der Waals surface area contributed by atoms with Crippen LogP contribution in [0.25, 0.3) is 0 Å². The molecule has 0 spiro atoms. The molecule has 0 heterocycles. The van der Waals surface area contributed by atoms with Crippen LogP contribution in [0.3, 0.4) is 0 Å². The maximum atomic E-state index is 12.5. The Morgan fingerprint density at radius 3 is 1.00 bits per heavy atom. The maximum absolute atomic E-state index is 12.5. The van der Waals surface area contributed by atoms with Gasteiger partial charge in [-0.2, -0.15) is 0 Å². The van der Waals surface area contributed by atoms with Gasteiger partial charge in [0.15, 0.2) is 0 Å². The van der Waals surface area contributed by atoms with E-state index in [1.807, 2.05) is 0 Å². The SMILES string of the molecule is CCCCCCCCCCCCCCCCCCCCCC(O)C(CO)NC(=O)CCCCCCCCCCCCCCC/C=C\C/C=C\CCCCCCCCCCCOC(=O)CCCCCCCCCCCCC. The summed E-state index contributed by atoms with van der Waals surface area (Å²) in [6, 6.07) is -0.543. The number of nitrogens with one attached hydrogen (secondary N) is 1. The van der Waals surface area contributed by atoms with Crippen LogP contribution in [0.15, 0.2) is 24.3 Å². The first-order valence-electron chi connectivity index (χ1n) is 34.6. The standard InChI is InChI=1S/C70H135NO5/c1-3-5-7-9-11-13-15-16-17-18-30-33-36-39-43-46-50-54-58-62-68(73)67(66-72)71-69(74)63-59-55-51-47-44-40-37-34-31-28-26-24-22-20-19-21-23-25-27-29-32-35-38-41-45-49-53-57-61-65-76-70(75)64-60-56-52-48-42-14-12-10-8-6-4-2/h19,21,25,27,67-68,72-73H,3-18,20,22-24,26,28-66H2,1-2H3,(H,71,74)/b21-19-,27-25-. The van der Waals surface area contributed by atoms with E-state index < -0.39 is 12.1 Å². The van der Waals surface area contributed by atoms with E-state index in [1.54, 1.807) is 0 Å². The molecule has 6 heteroatoms. The predicted octanol–water partition coefficient (Wildman–Crippen LogP) is 22.1. The summed E-state index contributed by atoms with van der Waals surface area (Å²) >= 11 is 0. The number of amides is 1. The van der Waals surface area contributed by atoms with E-state index in [4.69, 9.17) is 4.74 Å². The Balaban J connectivity index is 3.41. The third-order valence-corrected chi connectivity index (χ3v) is 16.3. The summed E-state index contributed by atoms with van der Waals surface area (Å²) in [4.78, 5) is 24.5. The van der Waals surface area contributed by atoms with Crippen LogP contribution in [0.2, 0.25) is 0 Å². The van der Waals surface area contributed by atoms with Crippen molar-refractivity contribution in [1.82, 2.24) is 5.32 Å². The zero-order valence-electron chi connectivity index (χ0n) is 51.5.